The van der Waals surface area contributed by atoms with E-state index in [0.717, 1.165) is 61.9 Å². The first kappa shape index (κ1) is 66.1. The molecule has 0 bridgehead atoms. The Labute approximate surface area is 545 Å². The van der Waals surface area contributed by atoms with Crippen LogP contribution in [0.3, 0.4) is 0 Å². The predicted octanol–water partition coefficient (Wildman–Crippen LogP) is 26.1. The average molecular weight is 1210 g/mol. The Morgan fingerprint density at radius 2 is 0.692 bits per heavy atom. The Bertz CT molecular complexity index is 4170. The fourth-order valence-electron chi connectivity index (χ4n) is 13.8. The van der Waals surface area contributed by atoms with Crippen LogP contribution in [0.5, 0.6) is 0 Å². The minimum Gasteiger partial charge on any atom is -0.311 e. The Morgan fingerprint density at radius 3 is 1.09 bits per heavy atom. The van der Waals surface area contributed by atoms with Crippen molar-refractivity contribution in [2.24, 2.45) is 10.8 Å². The molecule has 0 spiro atoms. The van der Waals surface area contributed by atoms with Crippen molar-refractivity contribution in [2.75, 3.05) is 9.80 Å². The van der Waals surface area contributed by atoms with Crippen LogP contribution in [0, 0.1) is 24.7 Å². The minimum absolute atomic E-state index is 0.0102. The summed E-state index contributed by atoms with van der Waals surface area (Å²) < 4.78 is 34.6. The lowest BCUT2D eigenvalue weighted by Gasteiger charge is -2.41. The topological polar surface area (TPSA) is 6.48 Å². The van der Waals surface area contributed by atoms with Crippen LogP contribution in [0.2, 0.25) is 0 Å². The van der Waals surface area contributed by atoms with E-state index in [1.807, 2.05) is 6.07 Å². The standard InChI is InChI=1S/C77H76F2N2.2C5H12/c1-49-22-31-55(32-23-49)80(56-33-24-51(25-34-56)72(3,4)5)59-39-41-60(42-40-59)81(57-35-26-52(27-36-57)73(6,7)8)58-37-28-53(29-38-58)74(9,10)67-45-44-66-63-43-30-54(48-68(63)76(13)46-47-77(78,79)71(67)70(66)76)75(11,12)69-64-20-16-14-18-61(64)50(2)62-19-15-17-21-65(62)69;2*1-5(2,3)4/h14-45,48H,46-47H2,1-13H3;2*1-4H3. The van der Waals surface area contributed by atoms with E-state index in [1.54, 1.807) is 0 Å². The molecule has 0 aromatic heterocycles. The van der Waals surface area contributed by atoms with E-state index in [-0.39, 0.29) is 22.8 Å². The summed E-state index contributed by atoms with van der Waals surface area (Å²) in [5, 5.41) is 5.03. The summed E-state index contributed by atoms with van der Waals surface area (Å²) in [4.78, 5) is 4.62. The van der Waals surface area contributed by atoms with E-state index in [1.165, 1.54) is 54.9 Å². The van der Waals surface area contributed by atoms with E-state index in [0.29, 0.717) is 22.8 Å². The summed E-state index contributed by atoms with van der Waals surface area (Å²) in [6.45, 7) is 46.5. The Morgan fingerprint density at radius 1 is 0.352 bits per heavy atom. The van der Waals surface area contributed by atoms with Gasteiger partial charge in [0.05, 0.1) is 0 Å². The highest BCUT2D eigenvalue weighted by Gasteiger charge is 2.54. The van der Waals surface area contributed by atoms with Crippen LogP contribution >= 0.6 is 0 Å². The Hall–Kier alpha value is -7.82. The molecule has 1 atom stereocenters. The van der Waals surface area contributed by atoms with Crippen molar-refractivity contribution < 1.29 is 8.78 Å². The molecule has 0 fully saturated rings. The third kappa shape index (κ3) is 13.3. The third-order valence-electron chi connectivity index (χ3n) is 18.7. The van der Waals surface area contributed by atoms with Crippen LogP contribution in [0.4, 0.5) is 42.9 Å². The first-order valence-corrected chi connectivity index (χ1v) is 33.1. The van der Waals surface area contributed by atoms with E-state index in [9.17, 15) is 0 Å². The summed E-state index contributed by atoms with van der Waals surface area (Å²) in [5.74, 6) is -3.01. The molecule has 91 heavy (non-hydrogen) atoms. The molecule has 0 aliphatic heterocycles. The highest BCUT2D eigenvalue weighted by atomic mass is 19.3. The Kier molecular flexibility index (Phi) is 17.4. The second kappa shape index (κ2) is 24.0. The van der Waals surface area contributed by atoms with Gasteiger partial charge in [-0.1, -0.05) is 265 Å². The lowest BCUT2D eigenvalue weighted by Crippen LogP contribution is -2.37. The summed E-state index contributed by atoms with van der Waals surface area (Å²) in [6.07, 6.45) is 0.157. The molecule has 472 valence electrons. The van der Waals surface area contributed by atoms with Crippen LogP contribution < -0.4 is 9.80 Å². The third-order valence-corrected chi connectivity index (χ3v) is 18.7. The quantitative estimate of drug-likeness (QED) is 0.126. The van der Waals surface area contributed by atoms with Crippen LogP contribution in [-0.4, -0.2) is 0 Å². The molecule has 12 rings (SSSR count). The largest absolute Gasteiger partial charge is 0.311 e. The van der Waals surface area contributed by atoms with E-state index >= 15 is 8.78 Å². The number of rotatable bonds is 10. The molecule has 0 heterocycles. The van der Waals surface area contributed by atoms with Gasteiger partial charge < -0.3 is 9.80 Å². The van der Waals surface area contributed by atoms with Crippen LogP contribution in [0.1, 0.15) is 206 Å². The fourth-order valence-corrected chi connectivity index (χ4v) is 13.8. The highest BCUT2D eigenvalue weighted by Crippen LogP contribution is 2.62. The van der Waals surface area contributed by atoms with Gasteiger partial charge in [0.15, 0.2) is 0 Å². The molecule has 10 aromatic carbocycles. The van der Waals surface area contributed by atoms with Crippen molar-refractivity contribution in [3.8, 4) is 11.1 Å². The molecule has 0 saturated heterocycles. The lowest BCUT2D eigenvalue weighted by molar-refractivity contribution is -0.0302. The van der Waals surface area contributed by atoms with Gasteiger partial charge in [-0.25, -0.2) is 8.78 Å². The monoisotopic (exact) mass is 1210 g/mol. The second-order valence-electron chi connectivity index (χ2n) is 32.7. The number of anilines is 6. The van der Waals surface area contributed by atoms with Crippen molar-refractivity contribution in [3.05, 3.63) is 261 Å². The second-order valence-corrected chi connectivity index (χ2v) is 32.7. The lowest BCUT2D eigenvalue weighted by atomic mass is 9.64. The van der Waals surface area contributed by atoms with Crippen LogP contribution in [0.25, 0.3) is 32.7 Å². The molecule has 2 nitrogen and oxygen atoms in total. The molecule has 0 radical (unpaired) electrons. The van der Waals surface area contributed by atoms with Crippen LogP contribution in [-0.2, 0) is 33.0 Å². The molecule has 10 aromatic rings. The molecule has 2 aliphatic rings. The summed E-state index contributed by atoms with van der Waals surface area (Å²) in [5.41, 5.74) is 18.9. The maximum atomic E-state index is 17.3. The number of halogens is 2. The molecule has 0 saturated carbocycles. The zero-order chi connectivity index (χ0) is 66.2. The molecular weight excluding hydrogens is 1110 g/mol. The zero-order valence-electron chi connectivity index (χ0n) is 58.6. The van der Waals surface area contributed by atoms with Gasteiger partial charge in [-0.05, 0) is 197 Å². The average Bonchev–Trinajstić information content (AvgIpc) is 1.57. The number of alkyl halides is 2. The van der Waals surface area contributed by atoms with Gasteiger partial charge in [0.25, 0.3) is 5.92 Å². The molecule has 4 heteroatoms. The fraction of sp³-hybridized carbons (Fsp3) is 0.356. The molecule has 2 aliphatic carbocycles. The number of hydrogen-bond acceptors (Lipinski definition) is 2. The van der Waals surface area contributed by atoms with Crippen molar-refractivity contribution >= 4 is 55.7 Å². The zero-order valence-corrected chi connectivity index (χ0v) is 58.6. The van der Waals surface area contributed by atoms with Crippen molar-refractivity contribution in [1.82, 2.24) is 0 Å². The van der Waals surface area contributed by atoms with Crippen molar-refractivity contribution in [3.63, 3.8) is 0 Å². The van der Waals surface area contributed by atoms with Gasteiger partial charge in [0.1, 0.15) is 0 Å². The van der Waals surface area contributed by atoms with Crippen molar-refractivity contribution in [1.29, 1.82) is 0 Å². The summed E-state index contributed by atoms with van der Waals surface area (Å²) >= 11 is 0. The highest BCUT2D eigenvalue weighted by molar-refractivity contribution is 6.07. The van der Waals surface area contributed by atoms with Gasteiger partial charge in [-0.15, -0.1) is 0 Å². The molecule has 1 unspecified atom stereocenters. The molecule has 0 N–H and O–H groups in total. The number of hydrogen-bond donors (Lipinski definition) is 0. The smallest absolute Gasteiger partial charge is 0.273 e. The van der Waals surface area contributed by atoms with Crippen LogP contribution in [0.15, 0.2) is 200 Å². The maximum absolute atomic E-state index is 17.3. The number of nitrogens with zero attached hydrogens (tertiary/aromatic N) is 2. The number of fused-ring (bicyclic) bond motifs is 5. The molecular formula is C87H100F2N2. The van der Waals surface area contributed by atoms with E-state index in [4.69, 9.17) is 0 Å². The first-order chi connectivity index (χ1) is 42.4. The predicted molar refractivity (Wildman–Crippen MR) is 390 cm³/mol. The SMILES string of the molecule is CC(C)(C)C.CC(C)(C)C.Cc1ccc(N(c2ccc(N(c3ccc(C(C)(C)C)cc3)c3ccc(C(C)(C)c4ccc5c6c4C(F)(F)CCC6(C)c4cc(C(C)(C)c6c7ccccc7c(C)c7ccccc67)ccc4-5)cc3)cc2)c2ccc(C(C)(C)C)cc2)cc1. The Balaban J connectivity index is 0.000000845. The summed E-state index contributed by atoms with van der Waals surface area (Å²) in [7, 11) is 0. The van der Waals surface area contributed by atoms with Gasteiger partial charge in [-0.2, -0.15) is 0 Å². The maximum Gasteiger partial charge on any atom is 0.273 e. The molecule has 0 amide bonds. The van der Waals surface area contributed by atoms with Gasteiger partial charge in [0, 0.05) is 62.4 Å². The van der Waals surface area contributed by atoms with Gasteiger partial charge in [0.2, 0.25) is 0 Å². The number of benzene rings is 10. The van der Waals surface area contributed by atoms with E-state index < -0.39 is 22.2 Å². The summed E-state index contributed by atoms with van der Waals surface area (Å²) in [6, 6.07) is 72.6. The van der Waals surface area contributed by atoms with Gasteiger partial charge in [-0.3, -0.25) is 0 Å². The van der Waals surface area contributed by atoms with E-state index in [2.05, 4.69) is 349 Å². The normalized spacial score (nSPS) is 15.5. The minimum atomic E-state index is -3.01. The first-order valence-electron chi connectivity index (χ1n) is 33.1. The van der Waals surface area contributed by atoms with Gasteiger partial charge >= 0.3 is 0 Å². The van der Waals surface area contributed by atoms with Crippen molar-refractivity contribution in [2.45, 2.75) is 191 Å². The number of aryl methyl sites for hydroxylation is 2.